The molecule has 0 saturated carbocycles. The molecule has 0 saturated heterocycles. The lowest BCUT2D eigenvalue weighted by atomic mass is 10.1. The van der Waals surface area contributed by atoms with Crippen molar-refractivity contribution in [2.24, 2.45) is 0 Å². The van der Waals surface area contributed by atoms with Crippen LogP contribution in [0.15, 0.2) is 88.2 Å². The molecule has 3 rings (SSSR count). The number of rotatable bonds is 8. The number of benzene rings is 3. The van der Waals surface area contributed by atoms with E-state index < -0.39 is 10.0 Å². The van der Waals surface area contributed by atoms with Crippen molar-refractivity contribution in [3.8, 4) is 0 Å². The van der Waals surface area contributed by atoms with E-state index in [0.717, 1.165) is 20.8 Å². The van der Waals surface area contributed by atoms with E-state index in [1.807, 2.05) is 31.2 Å². The molecule has 0 bridgehead atoms. The summed E-state index contributed by atoms with van der Waals surface area (Å²) in [6.45, 7) is 3.64. The van der Waals surface area contributed by atoms with Gasteiger partial charge in [-0.25, -0.2) is 8.42 Å². The number of carbonyl (C=O) groups excluding carboxylic acids is 1. The highest BCUT2D eigenvalue weighted by Gasteiger charge is 2.27. The number of nitrogens with zero attached hydrogens (tertiary/aromatic N) is 1. The monoisotopic (exact) mass is 500 g/mol. The van der Waals surface area contributed by atoms with Crippen LogP contribution < -0.4 is 9.62 Å². The van der Waals surface area contributed by atoms with Crippen molar-refractivity contribution in [3.63, 3.8) is 0 Å². The minimum absolute atomic E-state index is 0.131. The molecule has 0 aliphatic carbocycles. The number of hydrogen-bond donors (Lipinski definition) is 1. The number of anilines is 1. The minimum atomic E-state index is -3.92. The number of nitrogens with one attached hydrogen (secondary N) is 1. The van der Waals surface area contributed by atoms with Crippen LogP contribution in [-0.4, -0.2) is 20.9 Å². The van der Waals surface area contributed by atoms with Crippen LogP contribution in [0.4, 0.5) is 5.69 Å². The van der Waals surface area contributed by atoms with E-state index in [2.05, 4.69) is 28.2 Å². The summed E-state index contributed by atoms with van der Waals surface area (Å²) in [6.07, 6.45) is 0.944. The lowest BCUT2D eigenvalue weighted by Gasteiger charge is -2.25. The summed E-state index contributed by atoms with van der Waals surface area (Å²) in [5, 5.41) is 2.92. The van der Waals surface area contributed by atoms with Gasteiger partial charge in [-0.05, 0) is 54.8 Å². The van der Waals surface area contributed by atoms with Gasteiger partial charge in [0, 0.05) is 4.47 Å². The molecule has 0 heterocycles. The van der Waals surface area contributed by atoms with Gasteiger partial charge in [-0.2, -0.15) is 0 Å². The van der Waals surface area contributed by atoms with E-state index in [9.17, 15) is 13.2 Å². The molecule has 0 radical (unpaired) electrons. The maximum Gasteiger partial charge on any atom is 0.264 e. The first-order valence-corrected chi connectivity index (χ1v) is 12.3. The molecule has 1 atom stereocenters. The van der Waals surface area contributed by atoms with Gasteiger partial charge in [0.1, 0.15) is 6.54 Å². The Balaban J connectivity index is 1.85. The summed E-state index contributed by atoms with van der Waals surface area (Å²) in [6, 6.07) is 22.8. The number of sulfonamides is 1. The second kappa shape index (κ2) is 10.1. The van der Waals surface area contributed by atoms with Crippen molar-refractivity contribution in [1.82, 2.24) is 5.32 Å². The van der Waals surface area contributed by atoms with Crippen molar-refractivity contribution in [2.75, 3.05) is 10.8 Å². The molecule has 162 valence electrons. The number of halogens is 1. The molecule has 0 spiro atoms. The summed E-state index contributed by atoms with van der Waals surface area (Å²) >= 11 is 3.38. The third-order valence-electron chi connectivity index (χ3n) is 4.98. The quantitative estimate of drug-likeness (QED) is 0.468. The van der Waals surface area contributed by atoms with Crippen LogP contribution in [0.1, 0.15) is 31.0 Å². The first-order valence-electron chi connectivity index (χ1n) is 10.0. The van der Waals surface area contributed by atoms with Gasteiger partial charge < -0.3 is 5.32 Å². The van der Waals surface area contributed by atoms with Gasteiger partial charge in [-0.15, -0.1) is 0 Å². The minimum Gasteiger partial charge on any atom is -0.348 e. The molecule has 0 unspecified atom stereocenters. The van der Waals surface area contributed by atoms with E-state index in [0.29, 0.717) is 5.69 Å². The fraction of sp³-hybridized carbons (Fsp3) is 0.208. The summed E-state index contributed by atoms with van der Waals surface area (Å²) in [7, 11) is -3.92. The Labute approximate surface area is 192 Å². The number of amides is 1. The molecule has 31 heavy (non-hydrogen) atoms. The maximum atomic E-state index is 13.3. The largest absolute Gasteiger partial charge is 0.348 e. The second-order valence-electron chi connectivity index (χ2n) is 7.19. The Morgan fingerprint density at radius 2 is 1.68 bits per heavy atom. The number of carbonyl (C=O) groups is 1. The molecule has 0 aromatic heterocycles. The average Bonchev–Trinajstić information content (AvgIpc) is 2.78. The molecule has 3 aromatic carbocycles. The fourth-order valence-electron chi connectivity index (χ4n) is 3.21. The highest BCUT2D eigenvalue weighted by atomic mass is 79.9. The molecule has 5 nitrogen and oxygen atoms in total. The Kier molecular flexibility index (Phi) is 7.51. The predicted molar refractivity (Wildman–Crippen MR) is 127 cm³/mol. The van der Waals surface area contributed by atoms with E-state index in [4.69, 9.17) is 0 Å². The van der Waals surface area contributed by atoms with Crippen LogP contribution >= 0.6 is 15.9 Å². The Morgan fingerprint density at radius 3 is 2.29 bits per heavy atom. The van der Waals surface area contributed by atoms with Crippen molar-refractivity contribution in [1.29, 1.82) is 0 Å². The molecule has 0 aliphatic heterocycles. The lowest BCUT2D eigenvalue weighted by molar-refractivity contribution is -0.120. The third-order valence-corrected chi connectivity index (χ3v) is 7.26. The SMILES string of the molecule is CCc1ccc([C@@H](C)NC(=O)CN(c2cccc(Br)c2)S(=O)(=O)c2ccccc2)cc1. The van der Waals surface area contributed by atoms with Gasteiger partial charge in [0.15, 0.2) is 0 Å². The van der Waals surface area contributed by atoms with Crippen molar-refractivity contribution < 1.29 is 13.2 Å². The van der Waals surface area contributed by atoms with Crippen LogP contribution in [0.2, 0.25) is 0 Å². The Morgan fingerprint density at radius 1 is 1.00 bits per heavy atom. The second-order valence-corrected chi connectivity index (χ2v) is 9.97. The van der Waals surface area contributed by atoms with E-state index >= 15 is 0 Å². The standard InChI is InChI=1S/C24H25BrN2O3S/c1-3-19-12-14-20(15-13-19)18(2)26-24(28)17-27(22-9-7-8-21(25)16-22)31(29,30)23-10-5-4-6-11-23/h4-16,18H,3,17H2,1-2H3,(H,26,28)/t18-/m1/s1. The Bertz CT molecular complexity index is 1130. The smallest absolute Gasteiger partial charge is 0.264 e. The van der Waals surface area contributed by atoms with Gasteiger partial charge in [0.05, 0.1) is 16.6 Å². The first-order chi connectivity index (χ1) is 14.8. The summed E-state index contributed by atoms with van der Waals surface area (Å²) < 4.78 is 28.5. The van der Waals surface area contributed by atoms with Crippen molar-refractivity contribution in [3.05, 3.63) is 94.5 Å². The van der Waals surface area contributed by atoms with Crippen LogP contribution in [0.25, 0.3) is 0 Å². The highest BCUT2D eigenvalue weighted by molar-refractivity contribution is 9.10. The predicted octanol–water partition coefficient (Wildman–Crippen LogP) is 5.08. The molecule has 1 amide bonds. The van der Waals surface area contributed by atoms with Crippen LogP contribution in [0.3, 0.4) is 0 Å². The summed E-state index contributed by atoms with van der Waals surface area (Å²) in [5.74, 6) is -0.383. The lowest BCUT2D eigenvalue weighted by Crippen LogP contribution is -2.41. The van der Waals surface area contributed by atoms with Gasteiger partial charge in [0.25, 0.3) is 10.0 Å². The zero-order valence-corrected chi connectivity index (χ0v) is 19.9. The molecular weight excluding hydrogens is 476 g/mol. The summed E-state index contributed by atoms with van der Waals surface area (Å²) in [4.78, 5) is 13.0. The van der Waals surface area contributed by atoms with Crippen LogP contribution in [0.5, 0.6) is 0 Å². The fourth-order valence-corrected chi connectivity index (χ4v) is 5.03. The first kappa shape index (κ1) is 23.0. The summed E-state index contributed by atoms with van der Waals surface area (Å²) in [5.41, 5.74) is 2.59. The Hall–Kier alpha value is -2.64. The van der Waals surface area contributed by atoms with Gasteiger partial charge in [-0.1, -0.05) is 71.4 Å². The van der Waals surface area contributed by atoms with Crippen molar-refractivity contribution >= 4 is 37.5 Å². The normalized spacial score (nSPS) is 12.2. The zero-order valence-electron chi connectivity index (χ0n) is 17.5. The zero-order chi connectivity index (χ0) is 22.4. The van der Waals surface area contributed by atoms with Crippen LogP contribution in [0, 0.1) is 0 Å². The average molecular weight is 501 g/mol. The van der Waals surface area contributed by atoms with E-state index in [1.165, 1.54) is 17.7 Å². The van der Waals surface area contributed by atoms with Crippen molar-refractivity contribution in [2.45, 2.75) is 31.2 Å². The van der Waals surface area contributed by atoms with E-state index in [-0.39, 0.29) is 23.4 Å². The molecular formula is C24H25BrN2O3S. The van der Waals surface area contributed by atoms with Crippen LogP contribution in [-0.2, 0) is 21.2 Å². The topological polar surface area (TPSA) is 66.5 Å². The highest BCUT2D eigenvalue weighted by Crippen LogP contribution is 2.26. The van der Waals surface area contributed by atoms with E-state index in [1.54, 1.807) is 42.5 Å². The maximum absolute atomic E-state index is 13.3. The number of hydrogen-bond acceptors (Lipinski definition) is 3. The number of aryl methyl sites for hydroxylation is 1. The molecule has 1 N–H and O–H groups in total. The third kappa shape index (κ3) is 5.74. The molecule has 0 aliphatic rings. The van der Waals surface area contributed by atoms with Gasteiger partial charge in [-0.3, -0.25) is 9.10 Å². The molecule has 0 fully saturated rings. The van der Waals surface area contributed by atoms with Gasteiger partial charge in [0.2, 0.25) is 5.91 Å². The molecule has 7 heteroatoms. The molecule has 3 aromatic rings. The van der Waals surface area contributed by atoms with Gasteiger partial charge >= 0.3 is 0 Å².